The Bertz CT molecular complexity index is 938. The fourth-order valence-electron chi connectivity index (χ4n) is 3.90. The molecule has 1 saturated carbocycles. The predicted molar refractivity (Wildman–Crippen MR) is 107 cm³/mol. The molecule has 4 amide bonds. The predicted octanol–water partition coefficient (Wildman–Crippen LogP) is 1.49. The van der Waals surface area contributed by atoms with Crippen LogP contribution in [0.4, 0.5) is 10.5 Å². The molecule has 1 spiro atoms. The van der Waals surface area contributed by atoms with Gasteiger partial charge in [-0.15, -0.1) is 0 Å². The molecule has 1 aromatic carbocycles. The van der Waals surface area contributed by atoms with E-state index in [1.807, 2.05) is 0 Å². The van der Waals surface area contributed by atoms with E-state index in [1.54, 1.807) is 19.1 Å². The van der Waals surface area contributed by atoms with Gasteiger partial charge in [-0.1, -0.05) is 18.9 Å². The van der Waals surface area contributed by atoms with Crippen molar-refractivity contribution in [2.75, 3.05) is 18.9 Å². The fraction of sp³-hybridized carbons (Fsp3) is 0.526. The Morgan fingerprint density at radius 2 is 1.93 bits per heavy atom. The molecule has 3 N–H and O–H groups in total. The van der Waals surface area contributed by atoms with Crippen molar-refractivity contribution < 1.29 is 22.8 Å². The Morgan fingerprint density at radius 1 is 1.24 bits per heavy atom. The van der Waals surface area contributed by atoms with E-state index in [-0.39, 0.29) is 29.7 Å². The lowest BCUT2D eigenvalue weighted by Gasteiger charge is -2.19. The Labute approximate surface area is 170 Å². The number of sulfonamides is 1. The molecule has 1 heterocycles. The molecular formula is C19H26N4O5S. The number of hydrogen-bond donors (Lipinski definition) is 3. The van der Waals surface area contributed by atoms with Gasteiger partial charge in [0.05, 0.1) is 4.90 Å². The number of amides is 4. The summed E-state index contributed by atoms with van der Waals surface area (Å²) in [6.45, 7) is 1.85. The van der Waals surface area contributed by atoms with Crippen LogP contribution in [-0.2, 0) is 19.6 Å². The van der Waals surface area contributed by atoms with Crippen LogP contribution in [0.1, 0.15) is 44.1 Å². The van der Waals surface area contributed by atoms with Crippen LogP contribution < -0.4 is 15.4 Å². The van der Waals surface area contributed by atoms with Gasteiger partial charge in [0, 0.05) is 18.7 Å². The van der Waals surface area contributed by atoms with E-state index >= 15 is 0 Å². The summed E-state index contributed by atoms with van der Waals surface area (Å²) in [5, 5.41) is 5.48. The first-order chi connectivity index (χ1) is 13.7. The molecule has 29 heavy (non-hydrogen) atoms. The molecule has 1 aliphatic heterocycles. The van der Waals surface area contributed by atoms with Crippen LogP contribution in [0.5, 0.6) is 0 Å². The number of benzene rings is 1. The molecule has 158 valence electrons. The van der Waals surface area contributed by atoms with Crippen LogP contribution in [0, 0.1) is 6.92 Å². The van der Waals surface area contributed by atoms with Gasteiger partial charge in [-0.05, 0) is 50.9 Å². The quantitative estimate of drug-likeness (QED) is 0.574. The first-order valence-corrected chi connectivity index (χ1v) is 11.1. The highest BCUT2D eigenvalue weighted by molar-refractivity contribution is 7.89. The second-order valence-corrected chi connectivity index (χ2v) is 9.37. The summed E-state index contributed by atoms with van der Waals surface area (Å²) >= 11 is 0. The summed E-state index contributed by atoms with van der Waals surface area (Å²) in [4.78, 5) is 38.2. The van der Waals surface area contributed by atoms with Gasteiger partial charge in [-0.25, -0.2) is 17.9 Å². The summed E-state index contributed by atoms with van der Waals surface area (Å²) < 4.78 is 26.4. The molecular weight excluding hydrogens is 396 g/mol. The zero-order valence-corrected chi connectivity index (χ0v) is 17.4. The molecule has 0 radical (unpaired) electrons. The minimum absolute atomic E-state index is 0.0963. The van der Waals surface area contributed by atoms with Gasteiger partial charge in [0.25, 0.3) is 5.91 Å². The van der Waals surface area contributed by atoms with Crippen LogP contribution in [-0.4, -0.2) is 50.3 Å². The number of rotatable bonds is 7. The Kier molecular flexibility index (Phi) is 5.95. The van der Waals surface area contributed by atoms with Crippen molar-refractivity contribution in [2.45, 2.75) is 55.9 Å². The smallest absolute Gasteiger partial charge is 0.325 e. The molecule has 2 aliphatic rings. The van der Waals surface area contributed by atoms with Crippen molar-refractivity contribution in [1.82, 2.24) is 14.9 Å². The van der Waals surface area contributed by atoms with Gasteiger partial charge in [0.1, 0.15) is 5.54 Å². The van der Waals surface area contributed by atoms with Crippen molar-refractivity contribution >= 4 is 33.6 Å². The van der Waals surface area contributed by atoms with Crippen LogP contribution in [0.25, 0.3) is 0 Å². The van der Waals surface area contributed by atoms with E-state index in [0.29, 0.717) is 30.5 Å². The average molecular weight is 423 g/mol. The number of nitrogens with zero attached hydrogens (tertiary/aromatic N) is 1. The standard InChI is InChI=1S/C19H26N4O5S/c1-13-7-8-14(12-15(13)29(27,28)20-2)21-16(24)6-5-11-23-17(25)19(22-18(23)26)9-3-4-10-19/h7-8,12,20H,3-6,9-11H2,1-2H3,(H,21,24)(H,22,26). The fourth-order valence-corrected chi connectivity index (χ4v) is 4.89. The van der Waals surface area contributed by atoms with Crippen LogP contribution >= 0.6 is 0 Å². The third-order valence-corrected chi connectivity index (χ3v) is 7.08. The lowest BCUT2D eigenvalue weighted by atomic mass is 9.98. The number of urea groups is 1. The van der Waals surface area contributed by atoms with Gasteiger partial charge in [-0.2, -0.15) is 0 Å². The first-order valence-electron chi connectivity index (χ1n) is 9.67. The Morgan fingerprint density at radius 3 is 2.59 bits per heavy atom. The summed E-state index contributed by atoms with van der Waals surface area (Å²) in [5.74, 6) is -0.509. The number of carbonyl (C=O) groups is 3. The molecule has 1 saturated heterocycles. The van der Waals surface area contributed by atoms with E-state index < -0.39 is 21.6 Å². The molecule has 0 aromatic heterocycles. The average Bonchev–Trinajstić information content (AvgIpc) is 3.23. The maximum Gasteiger partial charge on any atom is 0.325 e. The highest BCUT2D eigenvalue weighted by Gasteiger charge is 2.52. The topological polar surface area (TPSA) is 125 Å². The maximum atomic E-state index is 12.6. The third-order valence-electron chi connectivity index (χ3n) is 5.52. The van der Waals surface area contributed by atoms with E-state index in [2.05, 4.69) is 15.4 Å². The number of hydrogen-bond acceptors (Lipinski definition) is 5. The van der Waals surface area contributed by atoms with Crippen molar-refractivity contribution in [3.8, 4) is 0 Å². The molecule has 10 heteroatoms. The number of carbonyl (C=O) groups excluding carboxylic acids is 3. The minimum Gasteiger partial charge on any atom is -0.326 e. The minimum atomic E-state index is -3.63. The summed E-state index contributed by atoms with van der Waals surface area (Å²) in [6.07, 6.45) is 3.61. The van der Waals surface area contributed by atoms with Gasteiger partial charge < -0.3 is 10.6 Å². The lowest BCUT2D eigenvalue weighted by Crippen LogP contribution is -2.44. The molecule has 2 fully saturated rings. The molecule has 1 aliphatic carbocycles. The van der Waals surface area contributed by atoms with E-state index in [1.165, 1.54) is 18.0 Å². The normalized spacial score (nSPS) is 18.3. The highest BCUT2D eigenvalue weighted by atomic mass is 32.2. The van der Waals surface area contributed by atoms with Crippen molar-refractivity contribution in [3.05, 3.63) is 23.8 Å². The molecule has 9 nitrogen and oxygen atoms in total. The molecule has 0 bridgehead atoms. The largest absolute Gasteiger partial charge is 0.326 e. The van der Waals surface area contributed by atoms with Gasteiger partial charge in [0.15, 0.2) is 0 Å². The summed E-state index contributed by atoms with van der Waals surface area (Å²) in [5.41, 5.74) is 0.197. The van der Waals surface area contributed by atoms with Crippen molar-refractivity contribution in [3.63, 3.8) is 0 Å². The molecule has 1 aromatic rings. The second-order valence-electron chi connectivity index (χ2n) is 7.52. The molecule has 0 atom stereocenters. The van der Waals surface area contributed by atoms with Crippen LogP contribution in [0.3, 0.4) is 0 Å². The Hall–Kier alpha value is -2.46. The Balaban J connectivity index is 1.55. The van der Waals surface area contributed by atoms with Gasteiger partial charge >= 0.3 is 6.03 Å². The van der Waals surface area contributed by atoms with Crippen LogP contribution in [0.2, 0.25) is 0 Å². The summed E-state index contributed by atoms with van der Waals surface area (Å²) in [7, 11) is -2.30. The van der Waals surface area contributed by atoms with Gasteiger partial charge in [0.2, 0.25) is 15.9 Å². The molecule has 0 unspecified atom stereocenters. The lowest BCUT2D eigenvalue weighted by molar-refractivity contribution is -0.131. The number of anilines is 1. The third kappa shape index (κ3) is 4.27. The number of aryl methyl sites for hydroxylation is 1. The first kappa shape index (κ1) is 21.3. The van der Waals surface area contributed by atoms with Gasteiger partial charge in [-0.3, -0.25) is 14.5 Å². The van der Waals surface area contributed by atoms with E-state index in [9.17, 15) is 22.8 Å². The van der Waals surface area contributed by atoms with E-state index in [4.69, 9.17) is 0 Å². The SMILES string of the molecule is CNS(=O)(=O)c1cc(NC(=O)CCCN2C(=O)NC3(CCCC3)C2=O)ccc1C. The van der Waals surface area contributed by atoms with E-state index in [0.717, 1.165) is 12.8 Å². The zero-order valence-electron chi connectivity index (χ0n) is 16.6. The van der Waals surface area contributed by atoms with Crippen LogP contribution in [0.15, 0.2) is 23.1 Å². The monoisotopic (exact) mass is 422 g/mol. The second kappa shape index (κ2) is 8.11. The summed E-state index contributed by atoms with van der Waals surface area (Å²) in [6, 6.07) is 4.26. The van der Waals surface area contributed by atoms with Crippen molar-refractivity contribution in [1.29, 1.82) is 0 Å². The zero-order chi connectivity index (χ0) is 21.2. The maximum absolute atomic E-state index is 12.6. The van der Waals surface area contributed by atoms with Crippen molar-refractivity contribution in [2.24, 2.45) is 0 Å². The number of imide groups is 1. The molecule has 3 rings (SSSR count). The number of nitrogens with one attached hydrogen (secondary N) is 3. The highest BCUT2D eigenvalue weighted by Crippen LogP contribution is 2.35.